The molecule has 0 spiro atoms. The van der Waals surface area contributed by atoms with Crippen LogP contribution in [-0.4, -0.2) is 47.1 Å². The molecule has 6 rings (SSSR count). The number of ketones is 1. The molecule has 0 saturated carbocycles. The Bertz CT molecular complexity index is 2310. The second-order valence-corrected chi connectivity index (χ2v) is 11.3. The Morgan fingerprint density at radius 1 is 0.922 bits per heavy atom. The van der Waals surface area contributed by atoms with E-state index >= 15 is 13.6 Å². The summed E-state index contributed by atoms with van der Waals surface area (Å²) >= 11 is 0. The second kappa shape index (κ2) is 13.9. The Balaban J connectivity index is 1.73. The zero-order valence-corrected chi connectivity index (χ0v) is 27.3. The third kappa shape index (κ3) is 6.11. The van der Waals surface area contributed by atoms with Crippen molar-refractivity contribution in [2.45, 2.75) is 12.5 Å². The van der Waals surface area contributed by atoms with Gasteiger partial charge in [0, 0.05) is 35.5 Å². The maximum absolute atomic E-state index is 16.4. The molecule has 5 N–H and O–H groups in total. The number of anilines is 4. The van der Waals surface area contributed by atoms with Crippen molar-refractivity contribution in [3.05, 3.63) is 131 Å². The molecule has 10 nitrogen and oxygen atoms in total. The molecule has 51 heavy (non-hydrogen) atoms. The molecule has 254 valence electrons. The number of hydrogen-bond acceptors (Lipinski definition) is 9. The van der Waals surface area contributed by atoms with Gasteiger partial charge in [0.05, 0.1) is 36.6 Å². The predicted molar refractivity (Wildman–Crippen MR) is 187 cm³/mol. The molecule has 5 aromatic rings. The number of fused-ring (bicyclic) bond motifs is 1. The number of ether oxygens (including phenoxy) is 2. The van der Waals surface area contributed by atoms with Crippen molar-refractivity contribution in [1.82, 2.24) is 9.97 Å². The first-order chi connectivity index (χ1) is 24.6. The van der Waals surface area contributed by atoms with Crippen molar-refractivity contribution in [2.24, 2.45) is 5.41 Å². The summed E-state index contributed by atoms with van der Waals surface area (Å²) in [4.78, 5) is 38.0. The largest absolute Gasteiger partial charge is 0.495 e. The number of halogens is 2. The van der Waals surface area contributed by atoms with E-state index < -0.39 is 52.5 Å². The first-order valence-corrected chi connectivity index (χ1v) is 15.4. The number of nitrogens with zero attached hydrogens (tertiary/aromatic N) is 3. The molecule has 2 unspecified atom stereocenters. The third-order valence-corrected chi connectivity index (χ3v) is 8.41. The fourth-order valence-corrected chi connectivity index (χ4v) is 5.95. The molecule has 1 aliphatic heterocycles. The van der Waals surface area contributed by atoms with Gasteiger partial charge in [-0.2, -0.15) is 4.98 Å². The minimum absolute atomic E-state index is 0.107. The number of aromatic nitrogens is 2. The topological polar surface area (TPSA) is 154 Å². The summed E-state index contributed by atoms with van der Waals surface area (Å²) in [6.45, 7) is 0. The third-order valence-electron chi connectivity index (χ3n) is 8.41. The van der Waals surface area contributed by atoms with Gasteiger partial charge in [-0.1, -0.05) is 66.1 Å². The van der Waals surface area contributed by atoms with Crippen LogP contribution in [0.3, 0.4) is 0 Å². The highest BCUT2D eigenvalue weighted by molar-refractivity contribution is 6.21. The Morgan fingerprint density at radius 2 is 1.53 bits per heavy atom. The molecule has 1 aliphatic rings. The van der Waals surface area contributed by atoms with Crippen LogP contribution in [0.15, 0.2) is 91.1 Å². The van der Waals surface area contributed by atoms with Crippen LogP contribution >= 0.6 is 0 Å². The van der Waals surface area contributed by atoms with Crippen molar-refractivity contribution in [3.63, 3.8) is 0 Å². The summed E-state index contributed by atoms with van der Waals surface area (Å²) in [7, 11) is 2.86. The van der Waals surface area contributed by atoms with Gasteiger partial charge in [-0.15, -0.1) is 0 Å². The number of carboxylic acids is 1. The van der Waals surface area contributed by atoms with Gasteiger partial charge in [-0.3, -0.25) is 4.79 Å². The maximum Gasteiger partial charge on any atom is 0.333 e. The van der Waals surface area contributed by atoms with Crippen LogP contribution in [0, 0.1) is 40.7 Å². The van der Waals surface area contributed by atoms with E-state index in [1.165, 1.54) is 25.3 Å². The number of nitrogens with two attached hydrogens (primary N) is 2. The minimum atomic E-state index is -2.74. The number of carbonyl (C=O) groups excluding carboxylic acids is 1. The molecule has 0 saturated heterocycles. The van der Waals surface area contributed by atoms with Crippen molar-refractivity contribution in [2.75, 3.05) is 30.6 Å². The zero-order valence-electron chi connectivity index (χ0n) is 27.3. The molecule has 0 fully saturated rings. The smallest absolute Gasteiger partial charge is 0.333 e. The summed E-state index contributed by atoms with van der Waals surface area (Å²) in [6, 6.07) is 20.4. The van der Waals surface area contributed by atoms with E-state index in [2.05, 4.69) is 33.6 Å². The van der Waals surface area contributed by atoms with E-state index in [1.807, 2.05) is 0 Å². The quantitative estimate of drug-likeness (QED) is 0.156. The number of methoxy groups -OCH3 is 2. The SMILES string of the molecule is COc1ccccc1C#CC1N(c2ccccc2)c2c(F)cc(F)c(Cc3cnc(N)nc3N)c2C(=O)C1(C#Cc1ccccc1OC)C(=O)O. The second-order valence-electron chi connectivity index (χ2n) is 11.3. The summed E-state index contributed by atoms with van der Waals surface area (Å²) < 4.78 is 43.3. The molecule has 0 bridgehead atoms. The Labute approximate surface area is 291 Å². The summed E-state index contributed by atoms with van der Waals surface area (Å²) in [5, 5.41) is 11.2. The average molecular weight is 686 g/mol. The molecule has 0 aliphatic carbocycles. The lowest BCUT2D eigenvalue weighted by molar-refractivity contribution is -0.143. The number of rotatable bonds is 6. The first-order valence-electron chi connectivity index (χ1n) is 15.4. The normalized spacial score (nSPS) is 16.2. The molecule has 12 heteroatoms. The van der Waals surface area contributed by atoms with Gasteiger partial charge < -0.3 is 30.9 Å². The highest BCUT2D eigenvalue weighted by Gasteiger charge is 2.60. The van der Waals surface area contributed by atoms with E-state index in [0.29, 0.717) is 23.1 Å². The minimum Gasteiger partial charge on any atom is -0.495 e. The van der Waals surface area contributed by atoms with Gasteiger partial charge in [0.2, 0.25) is 11.4 Å². The fraction of sp³-hybridized carbons (Fsp3) is 0.128. The van der Waals surface area contributed by atoms with Crippen LogP contribution in [0.25, 0.3) is 0 Å². The van der Waals surface area contributed by atoms with Crippen LogP contribution in [0.1, 0.15) is 32.6 Å². The lowest BCUT2D eigenvalue weighted by Crippen LogP contribution is -2.58. The number of nitrogen functional groups attached to an aromatic ring is 2. The zero-order chi connectivity index (χ0) is 36.3. The summed E-state index contributed by atoms with van der Waals surface area (Å²) in [6.07, 6.45) is 0.838. The Hall–Kier alpha value is -6.92. The Morgan fingerprint density at radius 3 is 2.14 bits per heavy atom. The molecule has 1 aromatic heterocycles. The highest BCUT2D eigenvalue weighted by atomic mass is 19.1. The number of carbonyl (C=O) groups is 2. The number of aliphatic carboxylic acids is 1. The molecular weight excluding hydrogens is 656 g/mol. The number of benzene rings is 4. The van der Waals surface area contributed by atoms with Gasteiger partial charge in [0.25, 0.3) is 0 Å². The summed E-state index contributed by atoms with van der Waals surface area (Å²) in [5.41, 5.74) is 8.75. The highest BCUT2D eigenvalue weighted by Crippen LogP contribution is 2.48. The van der Waals surface area contributed by atoms with Crippen LogP contribution in [0.5, 0.6) is 11.5 Å². The Kier molecular flexibility index (Phi) is 9.26. The lowest BCUT2D eigenvalue weighted by atomic mass is 9.68. The van der Waals surface area contributed by atoms with Crippen LogP contribution in [0.2, 0.25) is 0 Å². The molecular formula is C39H29F2N5O5. The summed E-state index contributed by atoms with van der Waals surface area (Å²) in [5.74, 6) is 6.70. The van der Waals surface area contributed by atoms with Crippen molar-refractivity contribution in [3.8, 4) is 35.2 Å². The lowest BCUT2D eigenvalue weighted by Gasteiger charge is -2.44. The van der Waals surface area contributed by atoms with Crippen LogP contribution in [0.4, 0.5) is 31.9 Å². The first kappa shape index (κ1) is 34.0. The molecule has 0 amide bonds. The monoisotopic (exact) mass is 685 g/mol. The molecule has 0 radical (unpaired) electrons. The predicted octanol–water partition coefficient (Wildman–Crippen LogP) is 5.40. The van der Waals surface area contributed by atoms with E-state index in [-0.39, 0.29) is 34.1 Å². The van der Waals surface area contributed by atoms with Gasteiger partial charge in [-0.25, -0.2) is 18.6 Å². The van der Waals surface area contributed by atoms with E-state index in [9.17, 15) is 9.90 Å². The molecule has 4 aromatic carbocycles. The van der Waals surface area contributed by atoms with Gasteiger partial charge in [-0.05, 0) is 36.4 Å². The van der Waals surface area contributed by atoms with Gasteiger partial charge in [0.1, 0.15) is 29.2 Å². The van der Waals surface area contributed by atoms with Gasteiger partial charge >= 0.3 is 5.97 Å². The van der Waals surface area contributed by atoms with Crippen molar-refractivity contribution in [1.29, 1.82) is 0 Å². The number of Topliss-reactive ketones (excluding diaryl/α,β-unsaturated/α-hetero) is 1. The maximum atomic E-state index is 16.4. The fourth-order valence-electron chi connectivity index (χ4n) is 5.95. The van der Waals surface area contributed by atoms with E-state index in [4.69, 9.17) is 20.9 Å². The van der Waals surface area contributed by atoms with Crippen molar-refractivity contribution >= 4 is 34.9 Å². The number of carboxylic acid groups (broad SMARTS) is 1. The van der Waals surface area contributed by atoms with E-state index in [0.717, 1.165) is 0 Å². The molecule has 2 atom stereocenters. The van der Waals surface area contributed by atoms with Gasteiger partial charge in [0.15, 0.2) is 11.6 Å². The molecule has 2 heterocycles. The standard InChI is InChI=1S/C39H29F2N5O5/c1-50-30-14-8-6-10-23(30)16-17-32-39(37(48)49,19-18-24-11-7-9-15-31(24)51-2)35(47)33-27(20-25-22-44-38(43)45-36(25)42)28(40)21-29(41)34(33)46(32)26-12-4-3-5-13-26/h3-15,21-22,32H,20H2,1-2H3,(H,48,49)(H4,42,43,44,45). The number of hydrogen-bond donors (Lipinski definition) is 3. The van der Waals surface area contributed by atoms with Crippen LogP contribution in [-0.2, 0) is 11.2 Å². The van der Waals surface area contributed by atoms with E-state index in [1.54, 1.807) is 78.9 Å². The number of para-hydroxylation sites is 3. The average Bonchev–Trinajstić information content (AvgIpc) is 3.13. The van der Waals surface area contributed by atoms with Crippen molar-refractivity contribution < 1.29 is 33.0 Å². The van der Waals surface area contributed by atoms with Crippen LogP contribution < -0.4 is 25.8 Å².